The van der Waals surface area contributed by atoms with Crippen LogP contribution in [0.2, 0.25) is 0 Å². The van der Waals surface area contributed by atoms with E-state index in [1.165, 1.54) is 4.90 Å². The van der Waals surface area contributed by atoms with Gasteiger partial charge in [-0.2, -0.15) is 0 Å². The van der Waals surface area contributed by atoms with E-state index in [9.17, 15) is 38.7 Å². The summed E-state index contributed by atoms with van der Waals surface area (Å²) >= 11 is 0. The number of rotatable bonds is 23. The smallest absolute Gasteiger partial charge is 0.481 e. The summed E-state index contributed by atoms with van der Waals surface area (Å²) in [5, 5.41) is 29.3. The molecule has 8 N–H and O–H groups in total. The van der Waals surface area contributed by atoms with Gasteiger partial charge in [-0.25, -0.2) is 0 Å². The van der Waals surface area contributed by atoms with Crippen LogP contribution in [0, 0.1) is 35.0 Å². The van der Waals surface area contributed by atoms with Crippen LogP contribution < -0.4 is 27.0 Å². The maximum absolute atomic E-state index is 14.4. The second-order valence-corrected chi connectivity index (χ2v) is 19.4. The minimum Gasteiger partial charge on any atom is -0.481 e. The third kappa shape index (κ3) is 11.8. The van der Waals surface area contributed by atoms with E-state index in [1.54, 1.807) is 27.7 Å². The zero-order valence-corrected chi connectivity index (χ0v) is 37.8. The number of hydrogen-bond acceptors (Lipinski definition) is 10. The van der Waals surface area contributed by atoms with E-state index >= 15 is 0 Å². The molecule has 0 spiro atoms. The fourth-order valence-electron chi connectivity index (χ4n) is 10.1. The van der Waals surface area contributed by atoms with Gasteiger partial charge in [0.15, 0.2) is 0 Å². The van der Waals surface area contributed by atoms with Crippen LogP contribution in [0.1, 0.15) is 139 Å². The molecular weight excluding hydrogens is 787 g/mol. The zero-order valence-electron chi connectivity index (χ0n) is 37.8. The number of carbonyl (C=O) groups excluding carboxylic acids is 5. The molecule has 5 unspecified atom stereocenters. The van der Waals surface area contributed by atoms with E-state index in [0.29, 0.717) is 43.6 Å². The van der Waals surface area contributed by atoms with Gasteiger partial charge in [-0.1, -0.05) is 81.1 Å². The summed E-state index contributed by atoms with van der Waals surface area (Å²) in [7, 11) is -0.620. The number of aliphatic carboxylic acids is 2. The zero-order chi connectivity index (χ0) is 45.6. The Morgan fingerprint density at radius 1 is 0.820 bits per heavy atom. The minimum absolute atomic E-state index is 0.0522. The highest BCUT2D eigenvalue weighted by Crippen LogP contribution is 2.65. The number of nitrogens with zero attached hydrogens (tertiary/aromatic N) is 1. The molecular formula is C43H73BN6O11. The fraction of sp³-hybridized carbons (Fsp3) is 0.837. The van der Waals surface area contributed by atoms with Crippen LogP contribution in [-0.2, 0) is 42.9 Å². The lowest BCUT2D eigenvalue weighted by Gasteiger charge is -2.64. The van der Waals surface area contributed by atoms with Crippen molar-refractivity contribution in [2.75, 3.05) is 6.54 Å². The van der Waals surface area contributed by atoms with Gasteiger partial charge in [0.2, 0.25) is 29.5 Å². The highest BCUT2D eigenvalue weighted by Gasteiger charge is 2.68. The van der Waals surface area contributed by atoms with Crippen LogP contribution >= 0.6 is 0 Å². The van der Waals surface area contributed by atoms with E-state index in [2.05, 4.69) is 55.9 Å². The Kier molecular flexibility index (Phi) is 17.2. The van der Waals surface area contributed by atoms with Crippen molar-refractivity contribution in [3.8, 4) is 0 Å². The van der Waals surface area contributed by atoms with Gasteiger partial charge in [0.05, 0.1) is 30.1 Å². The number of amides is 5. The van der Waals surface area contributed by atoms with Crippen molar-refractivity contribution in [2.45, 2.75) is 187 Å². The fourth-order valence-corrected chi connectivity index (χ4v) is 10.1. The summed E-state index contributed by atoms with van der Waals surface area (Å²) in [5.74, 6) is -5.71. The predicted molar refractivity (Wildman–Crippen MR) is 227 cm³/mol. The molecule has 5 rings (SSSR count). The van der Waals surface area contributed by atoms with Crippen molar-refractivity contribution in [1.82, 2.24) is 26.2 Å². The molecule has 0 aromatic rings. The highest BCUT2D eigenvalue weighted by atomic mass is 16.7. The SMILES string of the molecule is CCC(CC)CCCC(NC(=O)[C@@H]1CCCN1C(=O)[C@@H](NC(=O)[C@@H](NC(=O)[C@H](CCC(=O)O)NC(=O)[C@@H](N)CC(=O)O)C(C)C)C(C)C)B1OC2CC3CC(C3(C)C)C2(C)O1. The summed E-state index contributed by atoms with van der Waals surface area (Å²) in [4.78, 5) is 92.7. The molecule has 3 saturated carbocycles. The average Bonchev–Trinajstić information content (AvgIpc) is 3.82. The van der Waals surface area contributed by atoms with Crippen molar-refractivity contribution in [1.29, 1.82) is 0 Å². The number of nitrogens with one attached hydrogen (secondary N) is 4. The number of likely N-dealkylation sites (tertiary alicyclic amines) is 1. The quantitative estimate of drug-likeness (QED) is 0.0733. The molecule has 17 nitrogen and oxygen atoms in total. The lowest BCUT2D eigenvalue weighted by Crippen LogP contribution is -2.65. The van der Waals surface area contributed by atoms with Gasteiger partial charge in [-0.3, -0.25) is 33.6 Å². The normalized spacial score (nSPS) is 26.4. The second kappa shape index (κ2) is 21.1. The molecule has 3 aliphatic carbocycles. The minimum atomic E-state index is -1.50. The first kappa shape index (κ1) is 49.9. The van der Waals surface area contributed by atoms with Gasteiger partial charge < -0.3 is 51.4 Å². The number of carbonyl (C=O) groups is 7. The summed E-state index contributed by atoms with van der Waals surface area (Å²) < 4.78 is 13.5. The largest absolute Gasteiger partial charge is 0.481 e. The van der Waals surface area contributed by atoms with Gasteiger partial charge >= 0.3 is 19.1 Å². The maximum Gasteiger partial charge on any atom is 0.481 e. The van der Waals surface area contributed by atoms with E-state index in [4.69, 9.17) is 20.1 Å². The Morgan fingerprint density at radius 3 is 2.03 bits per heavy atom. The van der Waals surface area contributed by atoms with Crippen LogP contribution in [0.3, 0.4) is 0 Å². The maximum atomic E-state index is 14.4. The molecule has 61 heavy (non-hydrogen) atoms. The predicted octanol–water partition coefficient (Wildman–Crippen LogP) is 2.77. The van der Waals surface area contributed by atoms with E-state index in [1.807, 2.05) is 0 Å². The third-order valence-electron chi connectivity index (χ3n) is 14.2. The number of nitrogens with two attached hydrogens (primary N) is 1. The summed E-state index contributed by atoms with van der Waals surface area (Å²) in [5.41, 5.74) is 5.38. The van der Waals surface area contributed by atoms with Crippen molar-refractivity contribution in [3.05, 3.63) is 0 Å². The molecule has 10 atom stereocenters. The van der Waals surface area contributed by atoms with Crippen LogP contribution in [0.5, 0.6) is 0 Å². The molecule has 0 radical (unpaired) electrons. The van der Waals surface area contributed by atoms with Gasteiger partial charge in [-0.15, -0.1) is 0 Å². The first-order valence-corrected chi connectivity index (χ1v) is 22.6. The molecule has 5 amide bonds. The Morgan fingerprint density at radius 2 is 1.46 bits per heavy atom. The van der Waals surface area contributed by atoms with Crippen LogP contribution in [0.25, 0.3) is 0 Å². The molecule has 5 fully saturated rings. The summed E-state index contributed by atoms with van der Waals surface area (Å²) in [6, 6.07) is -6.02. The molecule has 2 saturated heterocycles. The van der Waals surface area contributed by atoms with Crippen molar-refractivity contribution >= 4 is 48.6 Å². The van der Waals surface area contributed by atoms with Crippen LogP contribution in [0.15, 0.2) is 0 Å². The molecule has 0 aromatic heterocycles. The first-order chi connectivity index (χ1) is 28.5. The summed E-state index contributed by atoms with van der Waals surface area (Å²) in [6.07, 6.45) is 6.12. The molecule has 18 heteroatoms. The molecule has 344 valence electrons. The standard InChI is InChI=1S/C43H73BN6O11/c1-10-25(11-2)14-12-16-32(44-60-31-21-26-20-30(42(26,7)8)43(31,9)61-44)47-39(57)29-15-13-19-50(29)41(59)36(24(5)6)49-40(58)35(23(3)4)48-38(56)28(17-18-33(51)52)46-37(55)27(45)22-34(53)54/h23-32,35-36H,10-22,45H2,1-9H3,(H,46,55)(H,47,57)(H,48,56)(H,49,58)(H,51,52)(H,53,54)/t26?,27-,28-,29-,30?,31?,32?,35-,36-,43?/m0/s1. The van der Waals surface area contributed by atoms with Crippen LogP contribution in [-0.4, -0.2) is 118 Å². The average molecular weight is 861 g/mol. The van der Waals surface area contributed by atoms with Crippen LogP contribution in [0.4, 0.5) is 0 Å². The number of carboxylic acid groups (broad SMARTS) is 2. The Hall–Kier alpha value is -3.77. The highest BCUT2D eigenvalue weighted by molar-refractivity contribution is 6.48. The Bertz CT molecular complexity index is 1610. The molecule has 2 heterocycles. The third-order valence-corrected chi connectivity index (χ3v) is 14.2. The van der Waals surface area contributed by atoms with Gasteiger partial charge in [-0.05, 0) is 80.5 Å². The second-order valence-electron chi connectivity index (χ2n) is 19.4. The number of carboxylic acids is 2. The van der Waals surface area contributed by atoms with E-state index in [0.717, 1.165) is 38.5 Å². The molecule has 2 aliphatic heterocycles. The van der Waals surface area contributed by atoms with E-state index in [-0.39, 0.29) is 23.8 Å². The molecule has 2 bridgehead atoms. The van der Waals surface area contributed by atoms with Gasteiger partial charge in [0.1, 0.15) is 24.2 Å². The Balaban J connectivity index is 1.47. The van der Waals surface area contributed by atoms with E-state index < -0.39 is 109 Å². The van der Waals surface area contributed by atoms with Gasteiger partial charge in [0.25, 0.3) is 0 Å². The summed E-state index contributed by atoms with van der Waals surface area (Å²) in [6.45, 7) is 18.4. The topological polar surface area (TPSA) is 256 Å². The number of hydrogen-bond donors (Lipinski definition) is 7. The molecule has 0 aromatic carbocycles. The van der Waals surface area contributed by atoms with Gasteiger partial charge in [0, 0.05) is 13.0 Å². The monoisotopic (exact) mass is 861 g/mol. The first-order valence-electron chi connectivity index (χ1n) is 22.6. The lowest BCUT2D eigenvalue weighted by molar-refractivity contribution is -0.199. The van der Waals surface area contributed by atoms with Crippen molar-refractivity contribution in [2.24, 2.45) is 40.7 Å². The molecule has 5 aliphatic rings. The lowest BCUT2D eigenvalue weighted by atomic mass is 9.43. The Labute approximate surface area is 361 Å². The van der Waals surface area contributed by atoms with Crippen molar-refractivity contribution < 1.29 is 53.1 Å². The van der Waals surface area contributed by atoms with Crippen molar-refractivity contribution in [3.63, 3.8) is 0 Å².